The SMILES string of the molecule is COc1nnc(F)cc1C(=O)NCc1cc(OC(F)(F)F)ccc1F. The zero-order valence-corrected chi connectivity index (χ0v) is 12.5. The molecule has 2 rings (SSSR count). The molecule has 0 fully saturated rings. The van der Waals surface area contributed by atoms with E-state index in [0.717, 1.165) is 24.3 Å². The number of alkyl halides is 3. The molecule has 0 spiro atoms. The summed E-state index contributed by atoms with van der Waals surface area (Å²) in [6, 6.07) is 3.09. The minimum Gasteiger partial charge on any atom is -0.479 e. The maximum absolute atomic E-state index is 13.7. The van der Waals surface area contributed by atoms with Crippen LogP contribution in [0.5, 0.6) is 11.6 Å². The molecular formula is C14H10F5N3O3. The van der Waals surface area contributed by atoms with Crippen molar-refractivity contribution >= 4 is 5.91 Å². The first-order valence-corrected chi connectivity index (χ1v) is 6.59. The van der Waals surface area contributed by atoms with Gasteiger partial charge in [0.15, 0.2) is 0 Å². The van der Waals surface area contributed by atoms with Crippen molar-refractivity contribution in [2.75, 3.05) is 7.11 Å². The highest BCUT2D eigenvalue weighted by Gasteiger charge is 2.31. The van der Waals surface area contributed by atoms with Gasteiger partial charge in [-0.05, 0) is 18.2 Å². The predicted octanol–water partition coefficient (Wildman–Crippen LogP) is 2.59. The Morgan fingerprint density at radius 3 is 2.56 bits per heavy atom. The molecular weight excluding hydrogens is 353 g/mol. The molecule has 0 saturated carbocycles. The van der Waals surface area contributed by atoms with Crippen LogP contribution < -0.4 is 14.8 Å². The van der Waals surface area contributed by atoms with Crippen molar-refractivity contribution in [3.63, 3.8) is 0 Å². The molecule has 0 unspecified atom stereocenters. The number of benzene rings is 1. The van der Waals surface area contributed by atoms with Gasteiger partial charge in [0.2, 0.25) is 11.8 Å². The van der Waals surface area contributed by atoms with Crippen molar-refractivity contribution < 1.29 is 36.2 Å². The summed E-state index contributed by atoms with van der Waals surface area (Å²) in [6.45, 7) is -0.479. The van der Waals surface area contributed by atoms with Gasteiger partial charge in [-0.2, -0.15) is 4.39 Å². The van der Waals surface area contributed by atoms with E-state index in [1.165, 1.54) is 7.11 Å². The number of halogens is 5. The minimum atomic E-state index is -4.94. The Hall–Kier alpha value is -2.98. The topological polar surface area (TPSA) is 73.3 Å². The van der Waals surface area contributed by atoms with Crippen molar-refractivity contribution in [2.24, 2.45) is 0 Å². The second-order valence-electron chi connectivity index (χ2n) is 4.57. The van der Waals surface area contributed by atoms with E-state index in [1.807, 2.05) is 0 Å². The molecule has 0 aliphatic carbocycles. The fraction of sp³-hybridized carbons (Fsp3) is 0.214. The highest BCUT2D eigenvalue weighted by molar-refractivity contribution is 5.96. The molecule has 25 heavy (non-hydrogen) atoms. The van der Waals surface area contributed by atoms with Crippen LogP contribution in [0.1, 0.15) is 15.9 Å². The highest BCUT2D eigenvalue weighted by atomic mass is 19.4. The number of methoxy groups -OCH3 is 1. The molecule has 1 N–H and O–H groups in total. The number of nitrogens with zero attached hydrogens (tertiary/aromatic N) is 2. The lowest BCUT2D eigenvalue weighted by Gasteiger charge is -2.12. The number of carbonyl (C=O) groups is 1. The monoisotopic (exact) mass is 363 g/mol. The smallest absolute Gasteiger partial charge is 0.479 e. The standard InChI is InChI=1S/C14H10F5N3O3/c1-24-13-9(5-11(16)21-22-13)12(23)20-6-7-4-8(2-3-10(7)15)25-14(17,18)19/h2-5H,6H2,1H3,(H,20,23). The molecule has 0 saturated heterocycles. The third kappa shape index (κ3) is 4.99. The van der Waals surface area contributed by atoms with Crippen molar-refractivity contribution in [1.29, 1.82) is 0 Å². The Kier molecular flexibility index (Phi) is 5.35. The molecule has 2 aromatic rings. The lowest BCUT2D eigenvalue weighted by molar-refractivity contribution is -0.274. The third-order valence-electron chi connectivity index (χ3n) is 2.86. The molecule has 0 radical (unpaired) electrons. The van der Waals surface area contributed by atoms with Crippen LogP contribution in [0.4, 0.5) is 22.0 Å². The predicted molar refractivity (Wildman–Crippen MR) is 72.8 cm³/mol. The van der Waals surface area contributed by atoms with E-state index in [0.29, 0.717) is 0 Å². The van der Waals surface area contributed by atoms with Gasteiger partial charge in [0.1, 0.15) is 17.1 Å². The van der Waals surface area contributed by atoms with Gasteiger partial charge in [0.25, 0.3) is 5.91 Å². The Morgan fingerprint density at radius 2 is 1.92 bits per heavy atom. The lowest BCUT2D eigenvalue weighted by Crippen LogP contribution is -2.25. The fourth-order valence-corrected chi connectivity index (χ4v) is 1.82. The van der Waals surface area contributed by atoms with Crippen molar-refractivity contribution in [2.45, 2.75) is 12.9 Å². The molecule has 11 heteroatoms. The van der Waals surface area contributed by atoms with Gasteiger partial charge in [-0.3, -0.25) is 4.79 Å². The van der Waals surface area contributed by atoms with Crippen molar-refractivity contribution in [3.8, 4) is 11.6 Å². The first-order chi connectivity index (χ1) is 11.7. The Labute approximate surface area is 137 Å². The first-order valence-electron chi connectivity index (χ1n) is 6.59. The molecule has 0 aliphatic rings. The maximum Gasteiger partial charge on any atom is 0.573 e. The quantitative estimate of drug-likeness (QED) is 0.827. The van der Waals surface area contributed by atoms with Crippen LogP contribution in [-0.2, 0) is 6.54 Å². The number of hydrogen-bond donors (Lipinski definition) is 1. The molecule has 1 aromatic heterocycles. The molecule has 0 bridgehead atoms. The molecule has 1 amide bonds. The number of hydrogen-bond acceptors (Lipinski definition) is 5. The molecule has 0 atom stereocenters. The number of nitrogens with one attached hydrogen (secondary N) is 1. The summed E-state index contributed by atoms with van der Waals surface area (Å²) in [6.07, 6.45) is -4.94. The van der Waals surface area contributed by atoms with E-state index in [2.05, 4.69) is 20.3 Å². The van der Waals surface area contributed by atoms with Gasteiger partial charge >= 0.3 is 6.36 Å². The van der Waals surface area contributed by atoms with Crippen molar-refractivity contribution in [1.82, 2.24) is 15.5 Å². The summed E-state index contributed by atoms with van der Waals surface area (Å²) >= 11 is 0. The summed E-state index contributed by atoms with van der Waals surface area (Å²) in [5, 5.41) is 8.60. The maximum atomic E-state index is 13.7. The van der Waals surface area contributed by atoms with Crippen LogP contribution in [0.3, 0.4) is 0 Å². The average molecular weight is 363 g/mol. The summed E-state index contributed by atoms with van der Waals surface area (Å²) < 4.78 is 71.7. The van der Waals surface area contributed by atoms with Gasteiger partial charge < -0.3 is 14.8 Å². The highest BCUT2D eigenvalue weighted by Crippen LogP contribution is 2.24. The third-order valence-corrected chi connectivity index (χ3v) is 2.86. The van der Waals surface area contributed by atoms with E-state index in [-0.39, 0.29) is 17.0 Å². The number of aromatic nitrogens is 2. The Morgan fingerprint density at radius 1 is 1.20 bits per heavy atom. The van der Waals surface area contributed by atoms with Crippen LogP contribution in [0, 0.1) is 11.8 Å². The van der Waals surface area contributed by atoms with E-state index < -0.39 is 36.3 Å². The first kappa shape index (κ1) is 18.4. The van der Waals surface area contributed by atoms with Crippen LogP contribution in [0.2, 0.25) is 0 Å². The van der Waals surface area contributed by atoms with E-state index >= 15 is 0 Å². The summed E-state index contributed by atoms with van der Waals surface area (Å²) in [4.78, 5) is 12.0. The van der Waals surface area contributed by atoms with Crippen LogP contribution in [0.15, 0.2) is 24.3 Å². The summed E-state index contributed by atoms with van der Waals surface area (Å²) in [5.41, 5.74) is -0.574. The molecule has 0 aliphatic heterocycles. The zero-order valence-electron chi connectivity index (χ0n) is 12.5. The van der Waals surface area contributed by atoms with Gasteiger partial charge in [0, 0.05) is 18.2 Å². The van der Waals surface area contributed by atoms with Gasteiger partial charge in [-0.15, -0.1) is 23.4 Å². The van der Waals surface area contributed by atoms with Gasteiger partial charge in [-0.25, -0.2) is 4.39 Å². The van der Waals surface area contributed by atoms with E-state index in [4.69, 9.17) is 4.74 Å². The Bertz CT molecular complexity index is 783. The second-order valence-corrected chi connectivity index (χ2v) is 4.57. The molecule has 6 nitrogen and oxygen atoms in total. The molecule has 134 valence electrons. The fourth-order valence-electron chi connectivity index (χ4n) is 1.82. The number of amides is 1. The average Bonchev–Trinajstić information content (AvgIpc) is 2.53. The minimum absolute atomic E-state index is 0.267. The van der Waals surface area contributed by atoms with Crippen LogP contribution in [0.25, 0.3) is 0 Å². The molecule has 1 heterocycles. The summed E-state index contributed by atoms with van der Waals surface area (Å²) in [7, 11) is 1.18. The van der Waals surface area contributed by atoms with Crippen molar-refractivity contribution in [3.05, 3.63) is 47.2 Å². The van der Waals surface area contributed by atoms with Gasteiger partial charge in [-0.1, -0.05) is 0 Å². The number of rotatable bonds is 5. The van der Waals surface area contributed by atoms with E-state index in [1.54, 1.807) is 0 Å². The van der Waals surface area contributed by atoms with Crippen LogP contribution in [-0.4, -0.2) is 29.6 Å². The van der Waals surface area contributed by atoms with E-state index in [9.17, 15) is 26.7 Å². The normalized spacial score (nSPS) is 11.1. The summed E-state index contributed by atoms with van der Waals surface area (Å²) in [5.74, 6) is -3.70. The molecule has 1 aromatic carbocycles. The lowest BCUT2D eigenvalue weighted by atomic mass is 10.2. The Balaban J connectivity index is 2.14. The zero-order chi connectivity index (χ0) is 18.6. The second kappa shape index (κ2) is 7.28. The van der Waals surface area contributed by atoms with Crippen LogP contribution >= 0.6 is 0 Å². The largest absolute Gasteiger partial charge is 0.573 e. The number of ether oxygens (including phenoxy) is 2. The van der Waals surface area contributed by atoms with Gasteiger partial charge in [0.05, 0.1) is 7.11 Å². The number of carbonyl (C=O) groups excluding carboxylic acids is 1.